The second kappa shape index (κ2) is 6.03. The van der Waals surface area contributed by atoms with Gasteiger partial charge in [-0.25, -0.2) is 9.88 Å². The van der Waals surface area contributed by atoms with Gasteiger partial charge in [0.2, 0.25) is 11.8 Å². The van der Waals surface area contributed by atoms with Gasteiger partial charge in [0.1, 0.15) is 11.6 Å². The summed E-state index contributed by atoms with van der Waals surface area (Å²) in [6, 6.07) is 13.9. The van der Waals surface area contributed by atoms with Crippen molar-refractivity contribution in [3.05, 3.63) is 64.6 Å². The van der Waals surface area contributed by atoms with Gasteiger partial charge in [-0.05, 0) is 24.3 Å². The number of fused-ring (bicyclic) bond motifs is 2. The van der Waals surface area contributed by atoms with E-state index in [4.69, 9.17) is 0 Å². The Labute approximate surface area is 148 Å². The van der Waals surface area contributed by atoms with Gasteiger partial charge in [-0.2, -0.15) is 0 Å². The van der Waals surface area contributed by atoms with E-state index in [2.05, 4.69) is 15.0 Å². The average molecular weight is 346 g/mol. The Morgan fingerprint density at radius 1 is 1.08 bits per heavy atom. The van der Waals surface area contributed by atoms with Crippen molar-refractivity contribution < 1.29 is 9.59 Å². The zero-order valence-corrected chi connectivity index (χ0v) is 13.8. The Hall–Kier alpha value is -3.61. The maximum absolute atomic E-state index is 13.1. The van der Waals surface area contributed by atoms with Crippen LogP contribution >= 0.6 is 0 Å². The number of anilines is 1. The largest absolute Gasteiger partial charge is 0.319 e. The van der Waals surface area contributed by atoms with Crippen molar-refractivity contribution >= 4 is 40.4 Å². The zero-order valence-electron chi connectivity index (χ0n) is 13.8. The molecule has 1 unspecified atom stereocenters. The van der Waals surface area contributed by atoms with Crippen LogP contribution in [0.1, 0.15) is 18.5 Å². The van der Waals surface area contributed by atoms with E-state index in [-0.39, 0.29) is 5.69 Å². The van der Waals surface area contributed by atoms with E-state index in [1.807, 2.05) is 0 Å². The molecule has 26 heavy (non-hydrogen) atoms. The summed E-state index contributed by atoms with van der Waals surface area (Å²) in [7, 11) is 0. The van der Waals surface area contributed by atoms with Crippen molar-refractivity contribution in [2.75, 3.05) is 4.90 Å². The van der Waals surface area contributed by atoms with Crippen molar-refractivity contribution in [2.45, 2.75) is 12.8 Å². The summed E-state index contributed by atoms with van der Waals surface area (Å²) in [5.41, 5.74) is 1.53. The number of aromatic nitrogens is 2. The molecule has 1 aliphatic rings. The number of carbonyl (C=O) groups is 2. The number of nitrogens with one attached hydrogen (secondary N) is 1. The minimum absolute atomic E-state index is 0.0107. The highest BCUT2D eigenvalue weighted by Gasteiger charge is 2.34. The lowest BCUT2D eigenvalue weighted by atomic mass is 10.0. The first-order valence-corrected chi connectivity index (χ1v) is 8.03. The molecule has 7 heteroatoms. The fourth-order valence-corrected chi connectivity index (χ4v) is 3.01. The van der Waals surface area contributed by atoms with Crippen LogP contribution in [0.25, 0.3) is 11.0 Å². The second-order valence-corrected chi connectivity index (χ2v) is 5.91. The maximum atomic E-state index is 13.1. The third-order valence-corrected chi connectivity index (χ3v) is 4.21. The molecule has 1 aromatic heterocycles. The minimum atomic E-state index is -1.06. The van der Waals surface area contributed by atoms with E-state index in [1.165, 1.54) is 13.1 Å². The highest BCUT2D eigenvalue weighted by Crippen LogP contribution is 2.33. The summed E-state index contributed by atoms with van der Waals surface area (Å²) in [6.45, 7) is 1.30. The van der Waals surface area contributed by atoms with Crippen LogP contribution in [0.5, 0.6) is 0 Å². The van der Waals surface area contributed by atoms with Gasteiger partial charge in [0.25, 0.3) is 5.56 Å². The highest BCUT2D eigenvalue weighted by molar-refractivity contribution is 6.22. The number of para-hydroxylation sites is 4. The molecule has 128 valence electrons. The molecule has 0 radical (unpaired) electrons. The van der Waals surface area contributed by atoms with Crippen molar-refractivity contribution in [2.24, 2.45) is 4.99 Å². The van der Waals surface area contributed by atoms with Crippen LogP contribution in [-0.4, -0.2) is 28.0 Å². The predicted molar refractivity (Wildman–Crippen MR) is 97.9 cm³/mol. The first kappa shape index (κ1) is 15.9. The Morgan fingerprint density at radius 2 is 1.81 bits per heavy atom. The summed E-state index contributed by atoms with van der Waals surface area (Å²) in [6.07, 6.45) is 1.37. The summed E-state index contributed by atoms with van der Waals surface area (Å²) >= 11 is 0. The lowest BCUT2D eigenvalue weighted by Crippen LogP contribution is -2.40. The van der Waals surface area contributed by atoms with E-state index in [1.54, 1.807) is 48.5 Å². The summed E-state index contributed by atoms with van der Waals surface area (Å²) in [5.74, 6) is -2.06. The molecule has 2 amide bonds. The third-order valence-electron chi connectivity index (χ3n) is 4.21. The number of hydrogen-bond donors (Lipinski definition) is 1. The molecular formula is C19H14N4O3. The minimum Gasteiger partial charge on any atom is -0.319 e. The van der Waals surface area contributed by atoms with Crippen molar-refractivity contribution in [3.8, 4) is 0 Å². The number of aliphatic imine (C=N–C) groups is 1. The van der Waals surface area contributed by atoms with E-state index in [0.29, 0.717) is 22.4 Å². The molecule has 2 aromatic carbocycles. The SMILES string of the molecule is CC(=O)N1C(=O)C(c2nc3ccccc3[nH]c2=O)C=Nc2ccccc21. The molecule has 4 rings (SSSR count). The van der Waals surface area contributed by atoms with Gasteiger partial charge >= 0.3 is 0 Å². The number of nitrogens with zero attached hydrogens (tertiary/aromatic N) is 3. The molecule has 0 saturated carbocycles. The van der Waals surface area contributed by atoms with Crippen LogP contribution in [0.3, 0.4) is 0 Å². The molecule has 7 nitrogen and oxygen atoms in total. The first-order valence-electron chi connectivity index (χ1n) is 8.03. The molecule has 3 aromatic rings. The summed E-state index contributed by atoms with van der Waals surface area (Å²) in [4.78, 5) is 50.1. The molecule has 2 heterocycles. The maximum Gasteiger partial charge on any atom is 0.271 e. The molecule has 1 atom stereocenters. The van der Waals surface area contributed by atoms with Gasteiger partial charge < -0.3 is 4.98 Å². The zero-order chi connectivity index (χ0) is 18.3. The monoisotopic (exact) mass is 346 g/mol. The van der Waals surface area contributed by atoms with Gasteiger partial charge in [-0.3, -0.25) is 19.4 Å². The summed E-state index contributed by atoms with van der Waals surface area (Å²) in [5, 5.41) is 0. The third kappa shape index (κ3) is 2.50. The number of H-pyrrole nitrogens is 1. The van der Waals surface area contributed by atoms with Crippen molar-refractivity contribution in [1.29, 1.82) is 0 Å². The molecule has 1 aliphatic heterocycles. The smallest absolute Gasteiger partial charge is 0.271 e. The Balaban J connectivity index is 1.90. The number of amides is 2. The molecule has 0 aliphatic carbocycles. The standard InChI is InChI=1S/C19H14N4O3/c1-11(24)23-16-9-5-4-8-15(16)20-10-12(19(23)26)17-18(25)22-14-7-3-2-6-13(14)21-17/h2-10,12H,1H3,(H,22,25). The van der Waals surface area contributed by atoms with Gasteiger partial charge in [0.05, 0.1) is 22.4 Å². The fraction of sp³-hybridized carbons (Fsp3) is 0.105. The Morgan fingerprint density at radius 3 is 2.62 bits per heavy atom. The predicted octanol–water partition coefficient (Wildman–Crippen LogP) is 2.30. The quantitative estimate of drug-likeness (QED) is 0.731. The number of imide groups is 1. The molecule has 0 bridgehead atoms. The van der Waals surface area contributed by atoms with Crippen molar-refractivity contribution in [1.82, 2.24) is 9.97 Å². The van der Waals surface area contributed by atoms with Crippen molar-refractivity contribution in [3.63, 3.8) is 0 Å². The fourth-order valence-electron chi connectivity index (χ4n) is 3.01. The Bertz CT molecular complexity index is 1130. The second-order valence-electron chi connectivity index (χ2n) is 5.91. The summed E-state index contributed by atoms with van der Waals surface area (Å²) < 4.78 is 0. The number of carbonyl (C=O) groups excluding carboxylic acids is 2. The van der Waals surface area contributed by atoms with E-state index < -0.39 is 23.3 Å². The van der Waals surface area contributed by atoms with Crippen LogP contribution in [0, 0.1) is 0 Å². The normalized spacial score (nSPS) is 16.4. The molecule has 1 N–H and O–H groups in total. The van der Waals surface area contributed by atoms with Crippen LogP contribution in [0.15, 0.2) is 58.3 Å². The van der Waals surface area contributed by atoms with Crippen LogP contribution in [0.2, 0.25) is 0 Å². The number of aromatic amines is 1. The lowest BCUT2D eigenvalue weighted by Gasteiger charge is -2.21. The van der Waals surface area contributed by atoms with Gasteiger partial charge in [0.15, 0.2) is 0 Å². The first-order chi connectivity index (χ1) is 12.6. The molecular weight excluding hydrogens is 332 g/mol. The van der Waals surface area contributed by atoms with Gasteiger partial charge in [0, 0.05) is 13.1 Å². The average Bonchev–Trinajstić information content (AvgIpc) is 2.77. The number of benzene rings is 2. The topological polar surface area (TPSA) is 95.5 Å². The highest BCUT2D eigenvalue weighted by atomic mass is 16.2. The van der Waals surface area contributed by atoms with Crippen LogP contribution in [0.4, 0.5) is 11.4 Å². The van der Waals surface area contributed by atoms with Crippen LogP contribution in [-0.2, 0) is 9.59 Å². The Kier molecular flexibility index (Phi) is 3.69. The van der Waals surface area contributed by atoms with E-state index >= 15 is 0 Å². The lowest BCUT2D eigenvalue weighted by molar-refractivity contribution is -0.125. The van der Waals surface area contributed by atoms with Gasteiger partial charge in [-0.1, -0.05) is 24.3 Å². The molecule has 0 spiro atoms. The molecule has 0 fully saturated rings. The van der Waals surface area contributed by atoms with Crippen LogP contribution < -0.4 is 10.5 Å². The number of hydrogen-bond acceptors (Lipinski definition) is 5. The number of rotatable bonds is 1. The van der Waals surface area contributed by atoms with E-state index in [0.717, 1.165) is 4.90 Å². The van der Waals surface area contributed by atoms with E-state index in [9.17, 15) is 14.4 Å². The van der Waals surface area contributed by atoms with Gasteiger partial charge in [-0.15, -0.1) is 0 Å². The molecule has 0 saturated heterocycles.